The van der Waals surface area contributed by atoms with Gasteiger partial charge in [0.1, 0.15) is 18.7 Å². The van der Waals surface area contributed by atoms with Gasteiger partial charge in [-0.25, -0.2) is 19.2 Å². The second kappa shape index (κ2) is 17.8. The van der Waals surface area contributed by atoms with E-state index in [4.69, 9.17) is 14.2 Å². The molecule has 2 amide bonds. The number of ether oxygens (including phenoxy) is 3. The fourth-order valence-electron chi connectivity index (χ4n) is 6.45. The minimum Gasteiger partial charge on any atom is -0.479 e. The number of likely N-dealkylation sites (N-methyl/N-ethyl adjacent to an activating group) is 2. The molecule has 1 N–H and O–H groups in total. The first-order valence-corrected chi connectivity index (χ1v) is 17.7. The fourth-order valence-corrected chi connectivity index (χ4v) is 6.45. The lowest BCUT2D eigenvalue weighted by Gasteiger charge is -2.33. The van der Waals surface area contributed by atoms with Crippen molar-refractivity contribution < 1.29 is 43.3 Å². The summed E-state index contributed by atoms with van der Waals surface area (Å²) in [6.07, 6.45) is -3.09. The van der Waals surface area contributed by atoms with E-state index in [0.717, 1.165) is 27.2 Å². The van der Waals surface area contributed by atoms with Crippen LogP contribution in [0.1, 0.15) is 70.1 Å². The number of benzene rings is 3. The molecule has 0 saturated heterocycles. The molecule has 0 saturated carbocycles. The Balaban J connectivity index is 1.55. The summed E-state index contributed by atoms with van der Waals surface area (Å²) < 4.78 is 17.0. The van der Waals surface area contributed by atoms with Gasteiger partial charge in [-0.1, -0.05) is 107 Å². The number of hydrogen-bond acceptors (Lipinski definition) is 8. The zero-order valence-electron chi connectivity index (χ0n) is 31.0. The van der Waals surface area contributed by atoms with Crippen molar-refractivity contribution in [3.8, 4) is 11.1 Å². The van der Waals surface area contributed by atoms with E-state index < -0.39 is 54.2 Å². The molecule has 0 heterocycles. The summed E-state index contributed by atoms with van der Waals surface area (Å²) in [4.78, 5) is 68.8. The van der Waals surface area contributed by atoms with Crippen LogP contribution in [0, 0.1) is 11.8 Å². The van der Waals surface area contributed by atoms with Gasteiger partial charge in [-0.05, 0) is 59.4 Å². The number of aliphatic carboxylic acids is 1. The van der Waals surface area contributed by atoms with Gasteiger partial charge in [0.2, 0.25) is 0 Å². The number of carbonyl (C=O) groups is 5. The number of esters is 2. The number of carboxylic acid groups (broad SMARTS) is 1. The van der Waals surface area contributed by atoms with Gasteiger partial charge >= 0.3 is 24.0 Å². The van der Waals surface area contributed by atoms with Gasteiger partial charge in [0.05, 0.1) is 0 Å². The molecule has 0 radical (unpaired) electrons. The molecule has 0 aliphatic heterocycles. The minimum absolute atomic E-state index is 0.00617. The van der Waals surface area contributed by atoms with Gasteiger partial charge in [0, 0.05) is 26.4 Å². The van der Waals surface area contributed by atoms with Crippen LogP contribution in [0.5, 0.6) is 0 Å². The highest BCUT2D eigenvalue weighted by Gasteiger charge is 2.39. The molecule has 11 heteroatoms. The predicted octanol–water partition coefficient (Wildman–Crippen LogP) is 6.33. The molecule has 52 heavy (non-hydrogen) atoms. The summed E-state index contributed by atoms with van der Waals surface area (Å²) in [5.41, 5.74) is 5.00. The lowest BCUT2D eigenvalue weighted by Crippen LogP contribution is -2.52. The van der Waals surface area contributed by atoms with E-state index >= 15 is 0 Å². The lowest BCUT2D eigenvalue weighted by molar-refractivity contribution is -0.172. The Hall–Kier alpha value is -5.19. The van der Waals surface area contributed by atoms with Crippen molar-refractivity contribution in [1.29, 1.82) is 0 Å². The number of hydrogen-bond donors (Lipinski definition) is 1. The van der Waals surface area contributed by atoms with Crippen LogP contribution in [0.4, 0.5) is 4.79 Å². The monoisotopic (exact) mass is 714 g/mol. The SMILES string of the molecule is CC(C)C[C@@H](C(=O)O[C@H](Cc1ccccc1)C(=O)N(C)[C@@H](CC(C)C)C(=O)O[C@H](C)C(=O)O)N(C)C(=O)OCC1c2ccccc2-c2ccccc21. The maximum Gasteiger partial charge on any atom is 0.410 e. The summed E-state index contributed by atoms with van der Waals surface area (Å²) in [6, 6.07) is 22.8. The van der Waals surface area contributed by atoms with Crippen molar-refractivity contribution >= 4 is 29.9 Å². The normalized spacial score (nSPS) is 14.4. The molecule has 0 aromatic heterocycles. The molecule has 0 bridgehead atoms. The molecule has 4 rings (SSSR count). The standard InChI is InChI=1S/C41H50N2O9/c1-25(2)21-34(39(47)51-27(5)38(45)46)42(6)37(44)36(23-28-15-9-8-10-16-28)52-40(48)35(22-26(3)4)43(7)41(49)50-24-33-31-19-13-11-17-29(31)30-18-12-14-20-32(30)33/h8-20,25-27,33-36H,21-24H2,1-7H3,(H,45,46)/t27-,34+,35+,36-/m1/s1. The van der Waals surface area contributed by atoms with E-state index in [2.05, 4.69) is 0 Å². The van der Waals surface area contributed by atoms with E-state index in [9.17, 15) is 29.1 Å². The quantitative estimate of drug-likeness (QED) is 0.133. The zero-order valence-corrected chi connectivity index (χ0v) is 31.0. The van der Waals surface area contributed by atoms with Gasteiger partial charge in [0.15, 0.2) is 12.2 Å². The Morgan fingerprint density at radius 2 is 1.15 bits per heavy atom. The van der Waals surface area contributed by atoms with E-state index in [0.29, 0.717) is 5.56 Å². The number of carbonyl (C=O) groups excluding carboxylic acids is 4. The van der Waals surface area contributed by atoms with Crippen molar-refractivity contribution in [3.63, 3.8) is 0 Å². The van der Waals surface area contributed by atoms with E-state index in [1.54, 1.807) is 24.3 Å². The number of amides is 2. The summed E-state index contributed by atoms with van der Waals surface area (Å²) in [5, 5.41) is 9.31. The van der Waals surface area contributed by atoms with Crippen LogP contribution in [0.15, 0.2) is 78.9 Å². The van der Waals surface area contributed by atoms with Gasteiger partial charge in [-0.2, -0.15) is 0 Å². The molecule has 1 aliphatic rings. The first-order chi connectivity index (χ1) is 24.7. The number of rotatable bonds is 16. The Morgan fingerprint density at radius 1 is 0.673 bits per heavy atom. The van der Waals surface area contributed by atoms with Gasteiger partial charge in [0.25, 0.3) is 5.91 Å². The van der Waals surface area contributed by atoms with Gasteiger partial charge < -0.3 is 24.2 Å². The second-order valence-electron chi connectivity index (χ2n) is 14.2. The molecule has 3 aromatic carbocycles. The molecule has 11 nitrogen and oxygen atoms in total. The highest BCUT2D eigenvalue weighted by molar-refractivity contribution is 5.90. The van der Waals surface area contributed by atoms with Crippen molar-refractivity contribution in [2.75, 3.05) is 20.7 Å². The Kier molecular flexibility index (Phi) is 13.6. The second-order valence-corrected chi connectivity index (χ2v) is 14.2. The summed E-state index contributed by atoms with van der Waals surface area (Å²) in [6.45, 7) is 8.83. The van der Waals surface area contributed by atoms with Crippen LogP contribution in [0.2, 0.25) is 0 Å². The molecular weight excluding hydrogens is 664 g/mol. The summed E-state index contributed by atoms with van der Waals surface area (Å²) in [5.74, 6) is -3.94. The van der Waals surface area contributed by atoms with Gasteiger partial charge in [-0.15, -0.1) is 0 Å². The largest absolute Gasteiger partial charge is 0.479 e. The molecule has 0 unspecified atom stereocenters. The molecule has 278 valence electrons. The van der Waals surface area contributed by atoms with E-state index in [-0.39, 0.29) is 43.6 Å². The number of nitrogens with zero attached hydrogens (tertiary/aromatic N) is 2. The number of fused-ring (bicyclic) bond motifs is 3. The third-order valence-corrected chi connectivity index (χ3v) is 9.28. The van der Waals surface area contributed by atoms with Gasteiger partial charge in [-0.3, -0.25) is 9.69 Å². The van der Waals surface area contributed by atoms with E-state index in [1.165, 1.54) is 25.9 Å². The summed E-state index contributed by atoms with van der Waals surface area (Å²) >= 11 is 0. The van der Waals surface area contributed by atoms with Crippen molar-refractivity contribution in [3.05, 3.63) is 95.6 Å². The van der Waals surface area contributed by atoms with Crippen molar-refractivity contribution in [2.24, 2.45) is 11.8 Å². The third kappa shape index (κ3) is 9.77. The Bertz CT molecular complexity index is 1680. The first kappa shape index (κ1) is 39.6. The molecule has 0 spiro atoms. The topological polar surface area (TPSA) is 140 Å². The Morgan fingerprint density at radius 3 is 1.67 bits per heavy atom. The summed E-state index contributed by atoms with van der Waals surface area (Å²) in [7, 11) is 2.88. The maximum absolute atomic E-state index is 14.1. The highest BCUT2D eigenvalue weighted by Crippen LogP contribution is 2.44. The maximum atomic E-state index is 14.1. The molecule has 4 atom stereocenters. The van der Waals surface area contributed by atoms with Crippen molar-refractivity contribution in [2.45, 2.75) is 84.1 Å². The Labute approximate surface area is 305 Å². The molecule has 0 fully saturated rings. The van der Waals surface area contributed by atoms with Crippen LogP contribution < -0.4 is 0 Å². The van der Waals surface area contributed by atoms with Crippen molar-refractivity contribution in [1.82, 2.24) is 9.80 Å². The first-order valence-electron chi connectivity index (χ1n) is 17.7. The van der Waals surface area contributed by atoms with Crippen LogP contribution in [0.3, 0.4) is 0 Å². The average Bonchev–Trinajstić information content (AvgIpc) is 3.44. The molecular formula is C41H50N2O9. The lowest BCUT2D eigenvalue weighted by atomic mass is 9.98. The fraction of sp³-hybridized carbons (Fsp3) is 0.439. The zero-order chi connectivity index (χ0) is 38.1. The van der Waals surface area contributed by atoms with Crippen LogP contribution in [-0.4, -0.2) is 89.8 Å². The third-order valence-electron chi connectivity index (χ3n) is 9.28. The predicted molar refractivity (Wildman–Crippen MR) is 195 cm³/mol. The number of carboxylic acids is 1. The smallest absolute Gasteiger partial charge is 0.410 e. The van der Waals surface area contributed by atoms with Crippen LogP contribution in [0.25, 0.3) is 11.1 Å². The average molecular weight is 715 g/mol. The van der Waals surface area contributed by atoms with E-state index in [1.807, 2.05) is 82.3 Å². The molecule has 3 aromatic rings. The minimum atomic E-state index is -1.42. The molecule has 1 aliphatic carbocycles. The highest BCUT2D eigenvalue weighted by atomic mass is 16.6. The van der Waals surface area contributed by atoms with Crippen LogP contribution >= 0.6 is 0 Å². The van der Waals surface area contributed by atoms with Crippen LogP contribution in [-0.2, 0) is 39.8 Å².